The van der Waals surface area contributed by atoms with Crippen LogP contribution in [0.15, 0.2) is 70.7 Å². The molecule has 8 heteroatoms. The van der Waals surface area contributed by atoms with Crippen molar-refractivity contribution in [2.45, 2.75) is 32.6 Å². The van der Waals surface area contributed by atoms with Gasteiger partial charge in [-0.2, -0.15) is 0 Å². The zero-order valence-electron chi connectivity index (χ0n) is 18.2. The summed E-state index contributed by atoms with van der Waals surface area (Å²) < 4.78 is 0. The Hall–Kier alpha value is -4.07. The Labute approximate surface area is 189 Å². The number of carbonyl (C=O) groups is 1. The number of nitrogens with zero attached hydrogens (tertiary/aromatic N) is 2. The number of anilines is 1. The van der Waals surface area contributed by atoms with E-state index in [1.54, 1.807) is 12.1 Å². The molecular formula is C25H22N4O4. The number of benzene rings is 2. The van der Waals surface area contributed by atoms with Gasteiger partial charge in [-0.05, 0) is 17.4 Å². The smallest absolute Gasteiger partial charge is 0.269 e. The Kier molecular flexibility index (Phi) is 4.74. The predicted molar refractivity (Wildman–Crippen MR) is 124 cm³/mol. The fourth-order valence-electron chi connectivity index (χ4n) is 4.77. The molecule has 0 amide bonds. The predicted octanol–water partition coefficient (Wildman–Crippen LogP) is 4.55. The van der Waals surface area contributed by atoms with Crippen LogP contribution < -0.4 is 10.9 Å². The number of hydrogen-bond acceptors (Lipinski definition) is 6. The van der Waals surface area contributed by atoms with Gasteiger partial charge >= 0.3 is 0 Å². The number of ketones is 1. The number of aromatic nitrogens is 2. The number of allylic oxidation sites excluding steroid dienone is 2. The molecular weight excluding hydrogens is 420 g/mol. The van der Waals surface area contributed by atoms with Crippen molar-refractivity contribution in [1.82, 2.24) is 9.97 Å². The summed E-state index contributed by atoms with van der Waals surface area (Å²) in [7, 11) is 0. The van der Waals surface area contributed by atoms with E-state index in [2.05, 4.69) is 10.3 Å². The van der Waals surface area contributed by atoms with Crippen molar-refractivity contribution in [1.29, 1.82) is 0 Å². The van der Waals surface area contributed by atoms with Crippen LogP contribution in [0, 0.1) is 15.5 Å². The molecule has 2 aromatic carbocycles. The Bertz CT molecular complexity index is 1370. The van der Waals surface area contributed by atoms with Crippen molar-refractivity contribution in [3.8, 4) is 11.4 Å². The second-order valence-corrected chi connectivity index (χ2v) is 9.28. The minimum atomic E-state index is -0.651. The van der Waals surface area contributed by atoms with Gasteiger partial charge in [-0.25, -0.2) is 4.98 Å². The number of carbonyl (C=O) groups excluding carboxylic acids is 1. The van der Waals surface area contributed by atoms with Gasteiger partial charge in [0.15, 0.2) is 5.78 Å². The van der Waals surface area contributed by atoms with E-state index >= 15 is 0 Å². The Balaban J connectivity index is 1.72. The van der Waals surface area contributed by atoms with Gasteiger partial charge in [0, 0.05) is 41.3 Å². The molecule has 2 heterocycles. The summed E-state index contributed by atoms with van der Waals surface area (Å²) >= 11 is 0. The molecule has 166 valence electrons. The van der Waals surface area contributed by atoms with Gasteiger partial charge < -0.3 is 10.3 Å². The summed E-state index contributed by atoms with van der Waals surface area (Å²) in [4.78, 5) is 44.8. The van der Waals surface area contributed by atoms with Gasteiger partial charge in [0.2, 0.25) is 0 Å². The second-order valence-electron chi connectivity index (χ2n) is 9.28. The lowest BCUT2D eigenvalue weighted by Crippen LogP contribution is -2.37. The lowest BCUT2D eigenvalue weighted by Gasteiger charge is -2.38. The zero-order valence-corrected chi connectivity index (χ0v) is 18.2. The lowest BCUT2D eigenvalue weighted by atomic mass is 9.69. The third-order valence-corrected chi connectivity index (χ3v) is 6.21. The SMILES string of the molecule is CC1(C)CC(=O)C2=C(C1)Nc1nc(-c3ccccc3)[nH]c(=O)c1[C@@H]2c1ccc([N+](=O)[O-])cc1. The number of rotatable bonds is 3. The topological polar surface area (TPSA) is 118 Å². The van der Waals surface area contributed by atoms with Crippen molar-refractivity contribution < 1.29 is 9.72 Å². The number of fused-ring (bicyclic) bond motifs is 1. The molecule has 0 fully saturated rings. The molecule has 0 saturated carbocycles. The summed E-state index contributed by atoms with van der Waals surface area (Å²) in [6.45, 7) is 4.07. The molecule has 2 N–H and O–H groups in total. The van der Waals surface area contributed by atoms with Crippen LogP contribution in [-0.2, 0) is 4.79 Å². The summed E-state index contributed by atoms with van der Waals surface area (Å²) in [5, 5.41) is 14.4. The minimum absolute atomic E-state index is 0.0331. The number of H-pyrrole nitrogens is 1. The molecule has 0 bridgehead atoms. The van der Waals surface area contributed by atoms with Crippen molar-refractivity contribution in [3.05, 3.63) is 97.5 Å². The van der Waals surface area contributed by atoms with Crippen LogP contribution in [0.4, 0.5) is 11.5 Å². The molecule has 1 aromatic heterocycles. The zero-order chi connectivity index (χ0) is 23.3. The van der Waals surface area contributed by atoms with Crippen LogP contribution in [0.1, 0.15) is 43.7 Å². The first-order valence-electron chi connectivity index (χ1n) is 10.7. The molecule has 0 saturated heterocycles. The number of non-ortho nitro benzene ring substituents is 1. The van der Waals surface area contributed by atoms with Gasteiger partial charge in [-0.3, -0.25) is 19.7 Å². The van der Waals surface area contributed by atoms with E-state index in [4.69, 9.17) is 4.98 Å². The summed E-state index contributed by atoms with van der Waals surface area (Å²) in [6, 6.07) is 15.4. The van der Waals surface area contributed by atoms with Gasteiger partial charge in [0.05, 0.1) is 10.5 Å². The van der Waals surface area contributed by atoms with E-state index in [1.807, 2.05) is 44.2 Å². The Morgan fingerprint density at radius 1 is 1.03 bits per heavy atom. The fourth-order valence-corrected chi connectivity index (χ4v) is 4.77. The van der Waals surface area contributed by atoms with Crippen LogP contribution >= 0.6 is 0 Å². The highest BCUT2D eigenvalue weighted by molar-refractivity contribution is 6.01. The third-order valence-electron chi connectivity index (χ3n) is 6.21. The van der Waals surface area contributed by atoms with Crippen molar-refractivity contribution in [2.75, 3.05) is 5.32 Å². The molecule has 5 rings (SSSR count). The quantitative estimate of drug-likeness (QED) is 0.454. The van der Waals surface area contributed by atoms with E-state index in [-0.39, 0.29) is 22.4 Å². The molecule has 1 aliphatic carbocycles. The fraction of sp³-hybridized carbons (Fsp3) is 0.240. The molecule has 3 aromatic rings. The van der Waals surface area contributed by atoms with Crippen molar-refractivity contribution >= 4 is 17.3 Å². The number of hydrogen-bond donors (Lipinski definition) is 2. The van der Waals surface area contributed by atoms with Crippen LogP contribution in [0.3, 0.4) is 0 Å². The van der Waals surface area contributed by atoms with E-state index in [0.717, 1.165) is 11.3 Å². The monoisotopic (exact) mass is 442 g/mol. The highest BCUT2D eigenvalue weighted by Gasteiger charge is 2.42. The summed E-state index contributed by atoms with van der Waals surface area (Å²) in [5.74, 6) is 0.154. The molecule has 0 radical (unpaired) electrons. The number of Topliss-reactive ketones (excluding diaryl/α,β-unsaturated/α-hetero) is 1. The first kappa shape index (κ1) is 20.8. The average Bonchev–Trinajstić information content (AvgIpc) is 2.77. The maximum absolute atomic E-state index is 13.3. The molecule has 0 spiro atoms. The maximum Gasteiger partial charge on any atom is 0.269 e. The number of aromatic amines is 1. The average molecular weight is 442 g/mol. The first-order valence-corrected chi connectivity index (χ1v) is 10.7. The summed E-state index contributed by atoms with van der Waals surface area (Å²) in [5.41, 5.74) is 2.41. The molecule has 2 aliphatic rings. The maximum atomic E-state index is 13.3. The third kappa shape index (κ3) is 3.63. The Morgan fingerprint density at radius 2 is 1.73 bits per heavy atom. The van der Waals surface area contributed by atoms with Crippen LogP contribution in [-0.4, -0.2) is 20.7 Å². The van der Waals surface area contributed by atoms with Crippen molar-refractivity contribution in [2.24, 2.45) is 5.41 Å². The van der Waals surface area contributed by atoms with E-state index < -0.39 is 10.8 Å². The largest absolute Gasteiger partial charge is 0.343 e. The molecule has 8 nitrogen and oxygen atoms in total. The van der Waals surface area contributed by atoms with Gasteiger partial charge in [-0.1, -0.05) is 56.3 Å². The van der Waals surface area contributed by atoms with Gasteiger partial charge in [0.1, 0.15) is 11.6 Å². The minimum Gasteiger partial charge on any atom is -0.343 e. The van der Waals surface area contributed by atoms with Crippen LogP contribution in [0.2, 0.25) is 0 Å². The van der Waals surface area contributed by atoms with Crippen LogP contribution in [0.25, 0.3) is 11.4 Å². The van der Waals surface area contributed by atoms with Crippen LogP contribution in [0.5, 0.6) is 0 Å². The number of nitrogens with one attached hydrogen (secondary N) is 2. The number of nitro groups is 1. The highest BCUT2D eigenvalue weighted by atomic mass is 16.6. The Morgan fingerprint density at radius 3 is 2.39 bits per heavy atom. The molecule has 1 atom stereocenters. The molecule has 0 unspecified atom stereocenters. The standard InChI is InChI=1S/C25H22N4O4/c1-25(2)12-17-20(18(30)13-25)19(14-8-10-16(11-9-14)29(32)33)21-23(26-17)27-22(28-24(21)31)15-6-4-3-5-7-15/h3-11,19H,12-13H2,1-2H3,(H2,26,27,28,31)/t19-/m1/s1. The van der Waals surface area contributed by atoms with E-state index in [1.165, 1.54) is 12.1 Å². The normalized spacial score (nSPS) is 18.8. The highest BCUT2D eigenvalue weighted by Crippen LogP contribution is 2.47. The van der Waals surface area contributed by atoms with Crippen molar-refractivity contribution in [3.63, 3.8) is 0 Å². The van der Waals surface area contributed by atoms with E-state index in [0.29, 0.717) is 41.2 Å². The lowest BCUT2D eigenvalue weighted by molar-refractivity contribution is -0.384. The first-order chi connectivity index (χ1) is 15.7. The molecule has 33 heavy (non-hydrogen) atoms. The molecule has 1 aliphatic heterocycles. The summed E-state index contributed by atoms with van der Waals surface area (Å²) in [6.07, 6.45) is 0.992. The second kappa shape index (κ2) is 7.51. The van der Waals surface area contributed by atoms with Gasteiger partial charge in [-0.15, -0.1) is 0 Å². The number of nitro benzene ring substituents is 1. The van der Waals surface area contributed by atoms with E-state index in [9.17, 15) is 19.7 Å². The van der Waals surface area contributed by atoms with Gasteiger partial charge in [0.25, 0.3) is 11.2 Å².